The third-order valence-corrected chi connectivity index (χ3v) is 3.01. The molecule has 1 aromatic carbocycles. The van der Waals surface area contributed by atoms with Crippen LogP contribution in [0.15, 0.2) is 36.5 Å². The van der Waals surface area contributed by atoms with Crippen molar-refractivity contribution in [1.29, 1.82) is 0 Å². The van der Waals surface area contributed by atoms with Crippen molar-refractivity contribution >= 4 is 5.82 Å². The molecule has 0 bridgehead atoms. The summed E-state index contributed by atoms with van der Waals surface area (Å²) in [5, 5.41) is 0. The molecule has 17 heavy (non-hydrogen) atoms. The first-order valence-corrected chi connectivity index (χ1v) is 5.90. The Hall–Kier alpha value is -1.83. The third kappa shape index (κ3) is 2.47. The van der Waals surface area contributed by atoms with Crippen molar-refractivity contribution in [2.24, 2.45) is 0 Å². The number of hydrogen-bond donors (Lipinski definition) is 1. The highest BCUT2D eigenvalue weighted by atomic mass is 14.8. The molecule has 2 nitrogen and oxygen atoms in total. The Morgan fingerprint density at radius 2 is 1.76 bits per heavy atom. The molecule has 1 heterocycles. The average Bonchev–Trinajstić information content (AvgIpc) is 2.29. The van der Waals surface area contributed by atoms with Crippen LogP contribution in [0, 0.1) is 6.92 Å². The highest BCUT2D eigenvalue weighted by Gasteiger charge is 2.05. The van der Waals surface area contributed by atoms with Crippen LogP contribution in [0.1, 0.15) is 30.9 Å². The maximum absolute atomic E-state index is 5.59. The zero-order valence-corrected chi connectivity index (χ0v) is 10.6. The van der Waals surface area contributed by atoms with Gasteiger partial charge in [0.15, 0.2) is 0 Å². The molecular formula is C15H18N2. The van der Waals surface area contributed by atoms with E-state index in [-0.39, 0.29) is 0 Å². The van der Waals surface area contributed by atoms with Gasteiger partial charge in [-0.05, 0) is 41.7 Å². The Morgan fingerprint density at radius 1 is 1.06 bits per heavy atom. The number of nitrogens with two attached hydrogens (primary N) is 1. The fraction of sp³-hybridized carbons (Fsp3) is 0.267. The standard InChI is InChI=1S/C15H18N2/c1-10(2)14-6-4-12(8-11(14)3)13-5-7-15(16)17-9-13/h4-10H,1-3H3,(H2,16,17). The van der Waals surface area contributed by atoms with Gasteiger partial charge in [-0.3, -0.25) is 0 Å². The molecule has 0 amide bonds. The monoisotopic (exact) mass is 226 g/mol. The summed E-state index contributed by atoms with van der Waals surface area (Å²) < 4.78 is 0. The van der Waals surface area contributed by atoms with Crippen molar-refractivity contribution in [2.75, 3.05) is 5.73 Å². The van der Waals surface area contributed by atoms with Crippen LogP contribution < -0.4 is 5.73 Å². The molecule has 2 heteroatoms. The lowest BCUT2D eigenvalue weighted by molar-refractivity contribution is 0.857. The van der Waals surface area contributed by atoms with Gasteiger partial charge in [-0.2, -0.15) is 0 Å². The number of aryl methyl sites for hydroxylation is 1. The second-order valence-electron chi connectivity index (χ2n) is 4.70. The van der Waals surface area contributed by atoms with Crippen LogP contribution in [-0.2, 0) is 0 Å². The molecule has 0 saturated carbocycles. The maximum Gasteiger partial charge on any atom is 0.123 e. The van der Waals surface area contributed by atoms with E-state index in [9.17, 15) is 0 Å². The van der Waals surface area contributed by atoms with Gasteiger partial charge in [0, 0.05) is 11.8 Å². The van der Waals surface area contributed by atoms with Crippen LogP contribution in [-0.4, -0.2) is 4.98 Å². The zero-order chi connectivity index (χ0) is 12.4. The second-order valence-corrected chi connectivity index (χ2v) is 4.70. The first kappa shape index (κ1) is 11.6. The lowest BCUT2D eigenvalue weighted by Crippen LogP contribution is -1.93. The van der Waals surface area contributed by atoms with E-state index in [0.29, 0.717) is 11.7 Å². The van der Waals surface area contributed by atoms with Gasteiger partial charge in [0.2, 0.25) is 0 Å². The van der Waals surface area contributed by atoms with Crippen molar-refractivity contribution in [2.45, 2.75) is 26.7 Å². The van der Waals surface area contributed by atoms with E-state index in [2.05, 4.69) is 44.0 Å². The van der Waals surface area contributed by atoms with Gasteiger partial charge in [0.05, 0.1) is 0 Å². The Balaban J connectivity index is 2.41. The molecule has 2 rings (SSSR count). The van der Waals surface area contributed by atoms with Crippen LogP contribution >= 0.6 is 0 Å². The Bertz CT molecular complexity index is 513. The first-order chi connectivity index (χ1) is 8.08. The zero-order valence-electron chi connectivity index (χ0n) is 10.6. The van der Waals surface area contributed by atoms with Crippen molar-refractivity contribution in [3.63, 3.8) is 0 Å². The SMILES string of the molecule is Cc1cc(-c2ccc(N)nc2)ccc1C(C)C. The largest absolute Gasteiger partial charge is 0.384 e. The lowest BCUT2D eigenvalue weighted by Gasteiger charge is -2.11. The van der Waals surface area contributed by atoms with E-state index in [1.54, 1.807) is 0 Å². The van der Waals surface area contributed by atoms with E-state index in [1.165, 1.54) is 16.7 Å². The molecule has 88 valence electrons. The summed E-state index contributed by atoms with van der Waals surface area (Å²) in [5.74, 6) is 1.12. The smallest absolute Gasteiger partial charge is 0.123 e. The topological polar surface area (TPSA) is 38.9 Å². The maximum atomic E-state index is 5.59. The predicted octanol–water partition coefficient (Wildman–Crippen LogP) is 3.76. The number of pyridine rings is 1. The van der Waals surface area contributed by atoms with E-state index in [0.717, 1.165) is 5.56 Å². The van der Waals surface area contributed by atoms with Gasteiger partial charge in [0.1, 0.15) is 5.82 Å². The number of anilines is 1. The fourth-order valence-corrected chi connectivity index (χ4v) is 2.08. The fourth-order valence-electron chi connectivity index (χ4n) is 2.08. The quantitative estimate of drug-likeness (QED) is 0.846. The molecule has 2 aromatic rings. The van der Waals surface area contributed by atoms with Gasteiger partial charge >= 0.3 is 0 Å². The first-order valence-electron chi connectivity index (χ1n) is 5.90. The molecule has 0 radical (unpaired) electrons. The molecule has 0 aliphatic rings. The van der Waals surface area contributed by atoms with Gasteiger partial charge in [0.25, 0.3) is 0 Å². The van der Waals surface area contributed by atoms with Gasteiger partial charge in [-0.1, -0.05) is 32.0 Å². The molecule has 0 saturated heterocycles. The lowest BCUT2D eigenvalue weighted by atomic mass is 9.94. The average molecular weight is 226 g/mol. The second kappa shape index (κ2) is 4.58. The summed E-state index contributed by atoms with van der Waals surface area (Å²) in [6.07, 6.45) is 1.82. The number of nitrogens with zero attached hydrogens (tertiary/aromatic N) is 1. The minimum atomic E-state index is 0.560. The molecule has 2 N–H and O–H groups in total. The Morgan fingerprint density at radius 3 is 2.29 bits per heavy atom. The summed E-state index contributed by atoms with van der Waals surface area (Å²) in [4.78, 5) is 4.12. The number of benzene rings is 1. The van der Waals surface area contributed by atoms with E-state index >= 15 is 0 Å². The van der Waals surface area contributed by atoms with Crippen LogP contribution in [0.4, 0.5) is 5.82 Å². The molecule has 0 atom stereocenters. The summed E-state index contributed by atoms with van der Waals surface area (Å²) in [6.45, 7) is 6.59. The van der Waals surface area contributed by atoms with Gasteiger partial charge in [-0.15, -0.1) is 0 Å². The van der Waals surface area contributed by atoms with Crippen LogP contribution in [0.2, 0.25) is 0 Å². The van der Waals surface area contributed by atoms with Crippen molar-refractivity contribution in [1.82, 2.24) is 4.98 Å². The summed E-state index contributed by atoms with van der Waals surface area (Å²) in [5.41, 5.74) is 10.6. The minimum Gasteiger partial charge on any atom is -0.384 e. The highest BCUT2D eigenvalue weighted by Crippen LogP contribution is 2.25. The predicted molar refractivity (Wildman–Crippen MR) is 72.9 cm³/mol. The number of aromatic nitrogens is 1. The van der Waals surface area contributed by atoms with E-state index < -0.39 is 0 Å². The van der Waals surface area contributed by atoms with E-state index in [4.69, 9.17) is 5.73 Å². The molecule has 0 unspecified atom stereocenters. The number of nitrogen functional groups attached to an aromatic ring is 1. The van der Waals surface area contributed by atoms with Crippen LogP contribution in [0.3, 0.4) is 0 Å². The van der Waals surface area contributed by atoms with Crippen LogP contribution in [0.5, 0.6) is 0 Å². The minimum absolute atomic E-state index is 0.560. The summed E-state index contributed by atoms with van der Waals surface area (Å²) in [6, 6.07) is 10.4. The molecular weight excluding hydrogens is 208 g/mol. The van der Waals surface area contributed by atoms with Crippen LogP contribution in [0.25, 0.3) is 11.1 Å². The summed E-state index contributed by atoms with van der Waals surface area (Å²) >= 11 is 0. The highest BCUT2D eigenvalue weighted by molar-refractivity contribution is 5.65. The Kier molecular flexibility index (Phi) is 3.14. The van der Waals surface area contributed by atoms with Gasteiger partial charge in [-0.25, -0.2) is 4.98 Å². The normalized spacial score (nSPS) is 10.8. The van der Waals surface area contributed by atoms with Crippen molar-refractivity contribution < 1.29 is 0 Å². The van der Waals surface area contributed by atoms with Crippen molar-refractivity contribution in [3.05, 3.63) is 47.7 Å². The van der Waals surface area contributed by atoms with Gasteiger partial charge < -0.3 is 5.73 Å². The number of hydrogen-bond acceptors (Lipinski definition) is 2. The molecule has 0 aliphatic carbocycles. The Labute approximate surface area is 103 Å². The summed E-state index contributed by atoms with van der Waals surface area (Å²) in [7, 11) is 0. The van der Waals surface area contributed by atoms with Crippen molar-refractivity contribution in [3.8, 4) is 11.1 Å². The number of rotatable bonds is 2. The molecule has 0 aliphatic heterocycles. The third-order valence-electron chi connectivity index (χ3n) is 3.01. The molecule has 0 spiro atoms. The molecule has 1 aromatic heterocycles. The van der Waals surface area contributed by atoms with E-state index in [1.807, 2.05) is 18.3 Å². The molecule has 0 fully saturated rings.